The van der Waals surface area contributed by atoms with E-state index in [0.717, 1.165) is 32.5 Å². The monoisotopic (exact) mass is 415 g/mol. The molecule has 2 saturated heterocycles. The quantitative estimate of drug-likeness (QED) is 0.787. The van der Waals surface area contributed by atoms with Gasteiger partial charge in [-0.1, -0.05) is 24.3 Å². The molecular weight excluding hydrogens is 378 g/mol. The van der Waals surface area contributed by atoms with Gasteiger partial charge in [0, 0.05) is 39.1 Å². The molecule has 0 unspecified atom stereocenters. The SMILES string of the molecule is CN(CCC(=O)N1CCC(c2ccccc2[C@H]2CCCN2)CC1)C(=O)OC(C)(C)C. The average Bonchev–Trinajstić information content (AvgIpc) is 3.25. The summed E-state index contributed by atoms with van der Waals surface area (Å²) in [5.74, 6) is 0.631. The fraction of sp³-hybridized carbons (Fsp3) is 0.667. The molecule has 166 valence electrons. The lowest BCUT2D eigenvalue weighted by Crippen LogP contribution is -2.41. The first-order chi connectivity index (χ1) is 14.2. The molecular formula is C24H37N3O3. The first kappa shape index (κ1) is 22.6. The summed E-state index contributed by atoms with van der Waals surface area (Å²) < 4.78 is 5.35. The van der Waals surface area contributed by atoms with Crippen LogP contribution >= 0.6 is 0 Å². The molecule has 0 bridgehead atoms. The number of amides is 2. The second-order valence-electron chi connectivity index (χ2n) is 9.58. The Labute approximate surface area is 180 Å². The Bertz CT molecular complexity index is 729. The van der Waals surface area contributed by atoms with E-state index in [9.17, 15) is 9.59 Å². The third-order valence-electron chi connectivity index (χ3n) is 6.09. The summed E-state index contributed by atoms with van der Waals surface area (Å²) in [4.78, 5) is 28.2. The van der Waals surface area contributed by atoms with Crippen LogP contribution in [0.5, 0.6) is 0 Å². The Kier molecular flexibility index (Phi) is 7.40. The molecule has 0 saturated carbocycles. The van der Waals surface area contributed by atoms with Gasteiger partial charge in [-0.3, -0.25) is 4.79 Å². The highest BCUT2D eigenvalue weighted by Gasteiger charge is 2.28. The molecule has 2 aliphatic heterocycles. The summed E-state index contributed by atoms with van der Waals surface area (Å²) in [5.41, 5.74) is 2.37. The van der Waals surface area contributed by atoms with Crippen LogP contribution in [0, 0.1) is 0 Å². The van der Waals surface area contributed by atoms with Crippen molar-refractivity contribution in [3.63, 3.8) is 0 Å². The predicted molar refractivity (Wildman–Crippen MR) is 118 cm³/mol. The number of hydrogen-bond acceptors (Lipinski definition) is 4. The van der Waals surface area contributed by atoms with Crippen LogP contribution in [0.2, 0.25) is 0 Å². The van der Waals surface area contributed by atoms with Gasteiger partial charge in [0.05, 0.1) is 0 Å². The lowest BCUT2D eigenvalue weighted by molar-refractivity contribution is -0.132. The second-order valence-corrected chi connectivity index (χ2v) is 9.58. The number of nitrogens with zero attached hydrogens (tertiary/aromatic N) is 2. The predicted octanol–water partition coefficient (Wildman–Crippen LogP) is 4.07. The lowest BCUT2D eigenvalue weighted by atomic mass is 9.84. The van der Waals surface area contributed by atoms with Crippen molar-refractivity contribution in [1.82, 2.24) is 15.1 Å². The highest BCUT2D eigenvalue weighted by molar-refractivity contribution is 5.77. The molecule has 0 radical (unpaired) electrons. The number of ether oxygens (including phenoxy) is 1. The van der Waals surface area contributed by atoms with Crippen LogP contribution in [-0.4, -0.2) is 60.6 Å². The number of rotatable bonds is 5. The molecule has 1 N–H and O–H groups in total. The molecule has 0 aromatic heterocycles. The molecule has 6 heteroatoms. The van der Waals surface area contributed by atoms with E-state index in [0.29, 0.717) is 24.9 Å². The minimum absolute atomic E-state index is 0.120. The molecule has 2 fully saturated rings. The zero-order valence-corrected chi connectivity index (χ0v) is 18.9. The van der Waals surface area contributed by atoms with E-state index in [4.69, 9.17) is 4.74 Å². The molecule has 3 rings (SSSR count). The van der Waals surface area contributed by atoms with E-state index in [-0.39, 0.29) is 12.0 Å². The van der Waals surface area contributed by atoms with E-state index < -0.39 is 5.60 Å². The van der Waals surface area contributed by atoms with Gasteiger partial charge in [-0.25, -0.2) is 4.79 Å². The fourth-order valence-electron chi connectivity index (χ4n) is 4.44. The van der Waals surface area contributed by atoms with Gasteiger partial charge >= 0.3 is 6.09 Å². The van der Waals surface area contributed by atoms with Crippen LogP contribution in [0.25, 0.3) is 0 Å². The number of hydrogen-bond donors (Lipinski definition) is 1. The van der Waals surface area contributed by atoms with Crippen molar-refractivity contribution in [3.05, 3.63) is 35.4 Å². The topological polar surface area (TPSA) is 61.9 Å². The normalized spacial score (nSPS) is 20.3. The maximum atomic E-state index is 12.7. The molecule has 1 aromatic carbocycles. The van der Waals surface area contributed by atoms with Gasteiger partial charge in [0.2, 0.25) is 5.91 Å². The van der Waals surface area contributed by atoms with Gasteiger partial charge in [-0.2, -0.15) is 0 Å². The van der Waals surface area contributed by atoms with Crippen molar-refractivity contribution in [2.24, 2.45) is 0 Å². The third kappa shape index (κ3) is 5.97. The smallest absolute Gasteiger partial charge is 0.410 e. The van der Waals surface area contributed by atoms with Crippen molar-refractivity contribution >= 4 is 12.0 Å². The number of nitrogens with one attached hydrogen (secondary N) is 1. The van der Waals surface area contributed by atoms with Crippen molar-refractivity contribution in [2.75, 3.05) is 33.2 Å². The first-order valence-electron chi connectivity index (χ1n) is 11.3. The molecule has 6 nitrogen and oxygen atoms in total. The van der Waals surface area contributed by atoms with Crippen LogP contribution < -0.4 is 5.32 Å². The van der Waals surface area contributed by atoms with E-state index >= 15 is 0 Å². The van der Waals surface area contributed by atoms with Crippen LogP contribution in [0.15, 0.2) is 24.3 Å². The number of likely N-dealkylation sites (tertiary alicyclic amines) is 1. The highest BCUT2D eigenvalue weighted by atomic mass is 16.6. The Morgan fingerprint density at radius 3 is 2.40 bits per heavy atom. The molecule has 2 heterocycles. The van der Waals surface area contributed by atoms with Gasteiger partial charge < -0.3 is 19.9 Å². The van der Waals surface area contributed by atoms with E-state index in [1.54, 1.807) is 7.05 Å². The summed E-state index contributed by atoms with van der Waals surface area (Å²) in [7, 11) is 1.68. The number of carbonyl (C=O) groups excluding carboxylic acids is 2. The number of benzene rings is 1. The number of piperidine rings is 1. The Hall–Kier alpha value is -2.08. The molecule has 1 aromatic rings. The van der Waals surface area contributed by atoms with Gasteiger partial charge in [0.1, 0.15) is 5.60 Å². The average molecular weight is 416 g/mol. The molecule has 2 amide bonds. The largest absolute Gasteiger partial charge is 0.444 e. The standard InChI is InChI=1S/C24H37N3O3/c1-24(2,3)30-23(29)26(4)15-13-22(28)27-16-11-18(12-17-27)19-8-5-6-9-20(19)21-10-7-14-25-21/h5-6,8-9,18,21,25H,7,10-17H2,1-4H3/t21-/m1/s1. The number of carbonyl (C=O) groups is 2. The Balaban J connectivity index is 1.49. The molecule has 0 aliphatic carbocycles. The summed E-state index contributed by atoms with van der Waals surface area (Å²) in [6.07, 6.45) is 4.40. The van der Waals surface area contributed by atoms with Crippen molar-refractivity contribution in [3.8, 4) is 0 Å². The minimum Gasteiger partial charge on any atom is -0.444 e. The van der Waals surface area contributed by atoms with Crippen LogP contribution in [0.4, 0.5) is 4.79 Å². The molecule has 0 spiro atoms. The first-order valence-corrected chi connectivity index (χ1v) is 11.3. The minimum atomic E-state index is -0.526. The van der Waals surface area contributed by atoms with Crippen LogP contribution in [0.1, 0.15) is 76.0 Å². The molecule has 1 atom stereocenters. The Morgan fingerprint density at radius 2 is 1.80 bits per heavy atom. The maximum Gasteiger partial charge on any atom is 0.410 e. The molecule has 30 heavy (non-hydrogen) atoms. The summed E-state index contributed by atoms with van der Waals surface area (Å²) in [5, 5.41) is 3.62. The zero-order chi connectivity index (χ0) is 21.7. The highest BCUT2D eigenvalue weighted by Crippen LogP contribution is 2.35. The van der Waals surface area contributed by atoms with Crippen molar-refractivity contribution in [1.29, 1.82) is 0 Å². The fourth-order valence-corrected chi connectivity index (χ4v) is 4.44. The summed E-state index contributed by atoms with van der Waals surface area (Å²) >= 11 is 0. The second kappa shape index (κ2) is 9.82. The van der Waals surface area contributed by atoms with Gasteiger partial charge in [-0.05, 0) is 70.0 Å². The van der Waals surface area contributed by atoms with E-state index in [1.165, 1.54) is 28.9 Å². The lowest BCUT2D eigenvalue weighted by Gasteiger charge is -2.34. The maximum absolute atomic E-state index is 12.7. The third-order valence-corrected chi connectivity index (χ3v) is 6.09. The summed E-state index contributed by atoms with van der Waals surface area (Å²) in [6, 6.07) is 9.29. The zero-order valence-electron chi connectivity index (χ0n) is 18.9. The summed E-state index contributed by atoms with van der Waals surface area (Å²) in [6.45, 7) is 8.57. The van der Waals surface area contributed by atoms with Crippen LogP contribution in [0.3, 0.4) is 0 Å². The molecule has 2 aliphatic rings. The van der Waals surface area contributed by atoms with Crippen molar-refractivity contribution < 1.29 is 14.3 Å². The van der Waals surface area contributed by atoms with E-state index in [2.05, 4.69) is 29.6 Å². The van der Waals surface area contributed by atoms with E-state index in [1.807, 2.05) is 25.7 Å². The van der Waals surface area contributed by atoms with Gasteiger partial charge in [0.25, 0.3) is 0 Å². The Morgan fingerprint density at radius 1 is 1.13 bits per heavy atom. The van der Waals surface area contributed by atoms with Gasteiger partial charge in [-0.15, -0.1) is 0 Å². The van der Waals surface area contributed by atoms with Crippen molar-refractivity contribution in [2.45, 2.75) is 70.4 Å². The van der Waals surface area contributed by atoms with Gasteiger partial charge in [0.15, 0.2) is 0 Å². The van der Waals surface area contributed by atoms with Crippen LogP contribution in [-0.2, 0) is 9.53 Å².